The topological polar surface area (TPSA) is 44.4 Å². The van der Waals surface area contributed by atoms with Crippen LogP contribution in [0.25, 0.3) is 0 Å². The SMILES string of the molecule is CCN(CC)CCCNC(=O)CCC1CCNCC1. The normalized spacial score (nSPS) is 16.8. The zero-order valence-corrected chi connectivity index (χ0v) is 12.7. The number of rotatable bonds is 9. The second kappa shape index (κ2) is 10.2. The lowest BCUT2D eigenvalue weighted by Crippen LogP contribution is -2.31. The maximum Gasteiger partial charge on any atom is 0.220 e. The van der Waals surface area contributed by atoms with E-state index in [1.54, 1.807) is 0 Å². The Kier molecular flexibility index (Phi) is 8.84. The van der Waals surface area contributed by atoms with Gasteiger partial charge in [0.05, 0.1) is 0 Å². The molecule has 0 bridgehead atoms. The van der Waals surface area contributed by atoms with Gasteiger partial charge in [-0.1, -0.05) is 13.8 Å². The third kappa shape index (κ3) is 7.53. The van der Waals surface area contributed by atoms with Crippen LogP contribution in [0.5, 0.6) is 0 Å². The molecule has 0 atom stereocenters. The Labute approximate surface area is 118 Å². The van der Waals surface area contributed by atoms with Crippen molar-refractivity contribution < 1.29 is 4.79 Å². The Balaban J connectivity index is 1.98. The maximum absolute atomic E-state index is 11.7. The van der Waals surface area contributed by atoms with Crippen molar-refractivity contribution in [3.8, 4) is 0 Å². The van der Waals surface area contributed by atoms with Gasteiger partial charge in [-0.15, -0.1) is 0 Å². The van der Waals surface area contributed by atoms with Crippen molar-refractivity contribution in [2.24, 2.45) is 5.92 Å². The molecule has 1 heterocycles. The highest BCUT2D eigenvalue weighted by Gasteiger charge is 2.14. The molecule has 0 aromatic heterocycles. The summed E-state index contributed by atoms with van der Waals surface area (Å²) in [5.41, 5.74) is 0. The lowest BCUT2D eigenvalue weighted by atomic mass is 9.93. The first kappa shape index (κ1) is 16.4. The predicted molar refractivity (Wildman–Crippen MR) is 80.2 cm³/mol. The monoisotopic (exact) mass is 269 g/mol. The lowest BCUT2D eigenvalue weighted by molar-refractivity contribution is -0.121. The van der Waals surface area contributed by atoms with Crippen molar-refractivity contribution >= 4 is 5.91 Å². The van der Waals surface area contributed by atoms with Gasteiger partial charge in [0.15, 0.2) is 0 Å². The molecule has 2 N–H and O–H groups in total. The number of nitrogens with zero attached hydrogens (tertiary/aromatic N) is 1. The Morgan fingerprint density at radius 2 is 1.95 bits per heavy atom. The molecule has 1 rings (SSSR count). The number of carbonyl (C=O) groups excluding carboxylic acids is 1. The van der Waals surface area contributed by atoms with Gasteiger partial charge < -0.3 is 15.5 Å². The third-order valence-electron chi connectivity index (χ3n) is 4.11. The van der Waals surface area contributed by atoms with Crippen LogP contribution in [0.2, 0.25) is 0 Å². The van der Waals surface area contributed by atoms with Gasteiger partial charge in [0.1, 0.15) is 0 Å². The molecule has 1 aliphatic heterocycles. The van der Waals surface area contributed by atoms with Crippen molar-refractivity contribution in [3.05, 3.63) is 0 Å². The first-order valence-corrected chi connectivity index (χ1v) is 7.96. The van der Waals surface area contributed by atoms with Crippen LogP contribution < -0.4 is 10.6 Å². The molecule has 4 nitrogen and oxygen atoms in total. The zero-order valence-electron chi connectivity index (χ0n) is 12.7. The molecule has 4 heteroatoms. The summed E-state index contributed by atoms with van der Waals surface area (Å²) in [6.07, 6.45) is 5.28. The number of nitrogens with one attached hydrogen (secondary N) is 2. The second-order valence-electron chi connectivity index (χ2n) is 5.46. The molecule has 0 aromatic rings. The standard InChI is InChI=1S/C15H31N3O/c1-3-18(4-2)13-5-10-17-15(19)7-6-14-8-11-16-12-9-14/h14,16H,3-13H2,1-2H3,(H,17,19). The van der Waals surface area contributed by atoms with E-state index < -0.39 is 0 Å². The van der Waals surface area contributed by atoms with Crippen molar-refractivity contribution in [1.29, 1.82) is 0 Å². The Morgan fingerprint density at radius 3 is 2.58 bits per heavy atom. The molecule has 19 heavy (non-hydrogen) atoms. The first-order chi connectivity index (χ1) is 9.26. The smallest absolute Gasteiger partial charge is 0.220 e. The highest BCUT2D eigenvalue weighted by molar-refractivity contribution is 5.75. The minimum Gasteiger partial charge on any atom is -0.356 e. The van der Waals surface area contributed by atoms with Gasteiger partial charge in [-0.2, -0.15) is 0 Å². The summed E-state index contributed by atoms with van der Waals surface area (Å²) in [6.45, 7) is 10.7. The average molecular weight is 269 g/mol. The Bertz CT molecular complexity index is 236. The zero-order chi connectivity index (χ0) is 13.9. The van der Waals surface area contributed by atoms with Crippen LogP contribution in [0.15, 0.2) is 0 Å². The van der Waals surface area contributed by atoms with Crippen LogP contribution in [0.4, 0.5) is 0 Å². The van der Waals surface area contributed by atoms with E-state index in [1.165, 1.54) is 12.8 Å². The maximum atomic E-state index is 11.7. The minimum absolute atomic E-state index is 0.234. The molecule has 0 spiro atoms. The molecule has 1 aliphatic rings. The molecule has 1 saturated heterocycles. The fourth-order valence-electron chi connectivity index (χ4n) is 2.66. The van der Waals surface area contributed by atoms with Crippen molar-refractivity contribution in [2.45, 2.75) is 46.0 Å². The first-order valence-electron chi connectivity index (χ1n) is 7.96. The van der Waals surface area contributed by atoms with Crippen LogP contribution in [-0.4, -0.2) is 50.1 Å². The van der Waals surface area contributed by atoms with Crippen molar-refractivity contribution in [2.75, 3.05) is 39.3 Å². The summed E-state index contributed by atoms with van der Waals surface area (Å²) in [4.78, 5) is 14.1. The summed E-state index contributed by atoms with van der Waals surface area (Å²) in [7, 11) is 0. The van der Waals surface area contributed by atoms with E-state index in [2.05, 4.69) is 29.4 Å². The Hall–Kier alpha value is -0.610. The summed E-state index contributed by atoms with van der Waals surface area (Å²) in [5, 5.41) is 6.41. The van der Waals surface area contributed by atoms with Crippen molar-refractivity contribution in [3.63, 3.8) is 0 Å². The second-order valence-corrected chi connectivity index (χ2v) is 5.46. The van der Waals surface area contributed by atoms with E-state index in [0.29, 0.717) is 6.42 Å². The molecule has 0 aromatic carbocycles. The van der Waals surface area contributed by atoms with Gasteiger partial charge >= 0.3 is 0 Å². The van der Waals surface area contributed by atoms with E-state index in [-0.39, 0.29) is 5.91 Å². The lowest BCUT2D eigenvalue weighted by Gasteiger charge is -2.22. The molecule has 0 radical (unpaired) electrons. The van der Waals surface area contributed by atoms with Gasteiger partial charge in [0.25, 0.3) is 0 Å². The van der Waals surface area contributed by atoms with E-state index in [9.17, 15) is 4.79 Å². The van der Waals surface area contributed by atoms with Gasteiger partial charge in [0, 0.05) is 13.0 Å². The largest absolute Gasteiger partial charge is 0.356 e. The third-order valence-corrected chi connectivity index (χ3v) is 4.11. The van der Waals surface area contributed by atoms with Gasteiger partial charge in [-0.3, -0.25) is 4.79 Å². The predicted octanol–water partition coefficient (Wildman–Crippen LogP) is 1.61. The molecular formula is C15H31N3O. The molecule has 0 unspecified atom stereocenters. The Morgan fingerprint density at radius 1 is 1.26 bits per heavy atom. The fourth-order valence-corrected chi connectivity index (χ4v) is 2.66. The number of amides is 1. The molecular weight excluding hydrogens is 238 g/mol. The fraction of sp³-hybridized carbons (Fsp3) is 0.933. The van der Waals surface area contributed by atoms with E-state index in [4.69, 9.17) is 0 Å². The van der Waals surface area contributed by atoms with E-state index >= 15 is 0 Å². The van der Waals surface area contributed by atoms with Gasteiger partial charge in [0.2, 0.25) is 5.91 Å². The molecule has 0 saturated carbocycles. The highest BCUT2D eigenvalue weighted by atomic mass is 16.1. The van der Waals surface area contributed by atoms with Crippen LogP contribution in [-0.2, 0) is 4.79 Å². The van der Waals surface area contributed by atoms with Crippen molar-refractivity contribution in [1.82, 2.24) is 15.5 Å². The molecule has 1 fully saturated rings. The van der Waals surface area contributed by atoms with Gasteiger partial charge in [-0.25, -0.2) is 0 Å². The summed E-state index contributed by atoms with van der Waals surface area (Å²) < 4.78 is 0. The quantitative estimate of drug-likeness (QED) is 0.625. The molecule has 1 amide bonds. The highest BCUT2D eigenvalue weighted by Crippen LogP contribution is 2.17. The molecule has 0 aliphatic carbocycles. The van der Waals surface area contributed by atoms with Crippen LogP contribution in [0.3, 0.4) is 0 Å². The van der Waals surface area contributed by atoms with Gasteiger partial charge in [-0.05, 0) is 64.3 Å². The minimum atomic E-state index is 0.234. The van der Waals surface area contributed by atoms with E-state index in [1.807, 2.05) is 0 Å². The van der Waals surface area contributed by atoms with Crippen LogP contribution in [0, 0.1) is 5.92 Å². The number of hydrogen-bond donors (Lipinski definition) is 2. The number of hydrogen-bond acceptors (Lipinski definition) is 3. The van der Waals surface area contributed by atoms with E-state index in [0.717, 1.165) is 58.0 Å². The summed E-state index contributed by atoms with van der Waals surface area (Å²) >= 11 is 0. The molecule has 112 valence electrons. The summed E-state index contributed by atoms with van der Waals surface area (Å²) in [5.74, 6) is 0.987. The van der Waals surface area contributed by atoms with Crippen LogP contribution >= 0.6 is 0 Å². The van der Waals surface area contributed by atoms with Crippen LogP contribution in [0.1, 0.15) is 46.0 Å². The average Bonchev–Trinajstić information content (AvgIpc) is 2.46. The number of piperidine rings is 1. The number of carbonyl (C=O) groups is 1. The summed E-state index contributed by atoms with van der Waals surface area (Å²) in [6, 6.07) is 0.